The molecule has 6 aromatic heterocycles. The van der Waals surface area contributed by atoms with Gasteiger partial charge in [-0.25, -0.2) is 26.8 Å². The van der Waals surface area contributed by atoms with Crippen LogP contribution in [0.4, 0.5) is 33.3 Å². The zero-order valence-electron chi connectivity index (χ0n) is 37.8. The molecule has 0 aliphatic carbocycles. The Morgan fingerprint density at radius 2 is 1.12 bits per heavy atom. The number of benzene rings is 2. The fourth-order valence-electron chi connectivity index (χ4n) is 7.40. The number of fused-ring (bicyclic) bond motifs is 2. The number of hydrogen-bond donors (Lipinski definition) is 4. The number of hydrogen-bond acceptors (Lipinski definition) is 18. The third-order valence-electron chi connectivity index (χ3n) is 10.9. The molecule has 2 aliphatic heterocycles. The Kier molecular flexibility index (Phi) is 15.4. The topological polar surface area (TPSA) is 262 Å². The number of nitrogens with two attached hydrogens (primary N) is 1. The van der Waals surface area contributed by atoms with Crippen molar-refractivity contribution in [2.75, 3.05) is 41.7 Å². The average Bonchev–Trinajstić information content (AvgIpc) is 4.00. The molecular weight excluding hydrogens is 928 g/mol. The lowest BCUT2D eigenvalue weighted by molar-refractivity contribution is -0.0299. The number of anilines is 5. The molecule has 2 saturated heterocycles. The Hall–Kier alpha value is -7.05. The van der Waals surface area contributed by atoms with Gasteiger partial charge in [0.15, 0.2) is 53.6 Å². The minimum atomic E-state index is -3.29. The van der Waals surface area contributed by atoms with Crippen LogP contribution in [0, 0.1) is 6.08 Å². The second-order valence-electron chi connectivity index (χ2n) is 16.1. The molecule has 5 N–H and O–H groups in total. The molecule has 0 amide bonds. The van der Waals surface area contributed by atoms with Crippen LogP contribution >= 0.6 is 0 Å². The van der Waals surface area contributed by atoms with E-state index in [-0.39, 0.29) is 28.1 Å². The summed E-state index contributed by atoms with van der Waals surface area (Å²) in [6.07, 6.45) is 13.7. The predicted molar refractivity (Wildman–Crippen MR) is 258 cm³/mol. The first-order valence-corrected chi connectivity index (χ1v) is 25.9. The van der Waals surface area contributed by atoms with Gasteiger partial charge in [-0.2, -0.15) is 24.3 Å². The summed E-state index contributed by atoms with van der Waals surface area (Å²) < 4.78 is 76.1. The van der Waals surface area contributed by atoms with Gasteiger partial charge in [0, 0.05) is 56.0 Å². The van der Waals surface area contributed by atoms with Crippen LogP contribution in [-0.4, -0.2) is 91.6 Å². The van der Waals surface area contributed by atoms with Crippen LogP contribution in [0.2, 0.25) is 0 Å². The largest absolute Gasteiger partial charge is 0.358 e. The molecule has 8 heterocycles. The van der Waals surface area contributed by atoms with Crippen LogP contribution in [0.5, 0.6) is 0 Å². The Morgan fingerprint density at radius 1 is 0.623 bits per heavy atom. The first-order chi connectivity index (χ1) is 33.3. The summed E-state index contributed by atoms with van der Waals surface area (Å²) in [6, 6.07) is 24.1. The molecule has 0 bridgehead atoms. The molecule has 0 spiro atoms. The summed E-state index contributed by atoms with van der Waals surface area (Å²) in [6.45, 7) is 2.34. The van der Waals surface area contributed by atoms with Crippen molar-refractivity contribution in [3.8, 4) is 0 Å². The third-order valence-corrected chi connectivity index (χ3v) is 13.2. The van der Waals surface area contributed by atoms with E-state index in [0.29, 0.717) is 71.8 Å². The van der Waals surface area contributed by atoms with E-state index in [1.54, 1.807) is 66.0 Å². The van der Waals surface area contributed by atoms with E-state index in [1.165, 1.54) is 18.4 Å². The zero-order valence-corrected chi connectivity index (χ0v) is 39.4. The maximum Gasteiger partial charge on any atom is 0.312 e. The van der Waals surface area contributed by atoms with Crippen LogP contribution in [0.25, 0.3) is 22.3 Å². The van der Waals surface area contributed by atoms with Gasteiger partial charge >= 0.3 is 6.08 Å². The molecule has 8 aromatic rings. The number of nitrogens with one attached hydrogen (secondary N) is 3. The zero-order chi connectivity index (χ0) is 48.4. The first-order valence-electron chi connectivity index (χ1n) is 22.1. The van der Waals surface area contributed by atoms with E-state index in [4.69, 9.17) is 20.2 Å². The monoisotopic (exact) mass is 978 g/mol. The van der Waals surface area contributed by atoms with E-state index in [0.717, 1.165) is 56.2 Å². The Bertz CT molecular complexity index is 3190. The molecule has 2 aliphatic rings. The van der Waals surface area contributed by atoms with Crippen molar-refractivity contribution < 1.29 is 30.7 Å². The van der Waals surface area contributed by atoms with Gasteiger partial charge in [-0.3, -0.25) is 19.1 Å². The molecule has 23 heteroatoms. The van der Waals surface area contributed by atoms with Gasteiger partial charge in [0.25, 0.3) is 0 Å². The number of ether oxygens (including phenoxy) is 2. The molecule has 2 fully saturated rings. The Labute approximate surface area is 397 Å². The SMILES string of the molecule is CS(=O)(=O)c1ccc(Nc2nc(F)nc3c2ncn3C2CCCCO2)cc1.CS(=O)(=O)c1ccc(Nc2nc(NCc3ccccn3)nc3c2ncn3C2CCCCO2)cc1.NCc1ccccn1. The lowest BCUT2D eigenvalue weighted by Crippen LogP contribution is -2.18. The number of pyridine rings is 2. The highest BCUT2D eigenvalue weighted by Crippen LogP contribution is 2.32. The normalized spacial score (nSPS) is 16.2. The van der Waals surface area contributed by atoms with Gasteiger partial charge in [0.1, 0.15) is 12.5 Å². The highest BCUT2D eigenvalue weighted by molar-refractivity contribution is 7.91. The van der Waals surface area contributed by atoms with Crippen molar-refractivity contribution in [3.05, 3.63) is 127 Å². The van der Waals surface area contributed by atoms with E-state index < -0.39 is 25.8 Å². The fraction of sp³-hybridized carbons (Fsp3) is 0.304. The number of sulfone groups is 2. The average molecular weight is 979 g/mol. The van der Waals surface area contributed by atoms with Crippen LogP contribution in [-0.2, 0) is 42.2 Å². The quantitative estimate of drug-likeness (QED) is 0.0895. The van der Waals surface area contributed by atoms with E-state index in [2.05, 4.69) is 50.8 Å². The molecule has 2 atom stereocenters. The van der Waals surface area contributed by atoms with Gasteiger partial charge in [-0.1, -0.05) is 12.1 Å². The number of imidazole rings is 2. The second kappa shape index (κ2) is 21.9. The van der Waals surface area contributed by atoms with Gasteiger partial charge in [-0.15, -0.1) is 0 Å². The summed E-state index contributed by atoms with van der Waals surface area (Å²) in [5.74, 6) is 1.14. The second-order valence-corrected chi connectivity index (χ2v) is 20.1. The van der Waals surface area contributed by atoms with Gasteiger partial charge in [0.05, 0.1) is 40.4 Å². The fourth-order valence-corrected chi connectivity index (χ4v) is 8.66. The molecule has 2 aromatic carbocycles. The molecule has 0 saturated carbocycles. The number of halogens is 1. The smallest absolute Gasteiger partial charge is 0.312 e. The summed E-state index contributed by atoms with van der Waals surface area (Å²) in [7, 11) is -6.56. The van der Waals surface area contributed by atoms with E-state index >= 15 is 0 Å². The van der Waals surface area contributed by atoms with Crippen LogP contribution in [0.3, 0.4) is 0 Å². The lowest BCUT2D eigenvalue weighted by atomic mass is 10.2. The van der Waals surface area contributed by atoms with Crippen molar-refractivity contribution in [1.29, 1.82) is 0 Å². The maximum atomic E-state index is 14.0. The highest BCUT2D eigenvalue weighted by Gasteiger charge is 2.23. The Morgan fingerprint density at radius 3 is 1.55 bits per heavy atom. The number of rotatable bonds is 12. The molecule has 2 unspecified atom stereocenters. The number of nitrogens with zero attached hydrogens (tertiary/aromatic N) is 10. The lowest BCUT2D eigenvalue weighted by Gasteiger charge is -2.24. The van der Waals surface area contributed by atoms with Crippen molar-refractivity contribution in [3.63, 3.8) is 0 Å². The standard InChI is InChI=1S/C23H25N7O3S.C17H18FN5O3S.C6H8N2/c1-34(31,32)18-10-8-16(9-11-18)27-21-20-22(30(15-26-20)19-7-3-5-13-33-19)29-23(28-21)25-14-17-6-2-4-12-24-17;1-27(24,25)12-7-5-11(6-8-12)20-15-14-16(22-17(18)21-15)23(10-19-14)13-4-2-3-9-26-13;7-5-6-3-1-2-4-8-6/h2,4,6,8-12,15,19H,3,5,7,13-14H2,1H3,(H2,25,27,28,29);5-8,10,13H,2-4,9H2,1H3,(H,20,21,22);1-4H,5,7H2. The summed E-state index contributed by atoms with van der Waals surface area (Å²) in [5, 5.41) is 9.48. The molecule has 69 heavy (non-hydrogen) atoms. The van der Waals surface area contributed by atoms with Crippen LogP contribution < -0.4 is 21.7 Å². The third kappa shape index (κ3) is 12.5. The summed E-state index contributed by atoms with van der Waals surface area (Å²) in [4.78, 5) is 34.7. The van der Waals surface area contributed by atoms with E-state index in [1.807, 2.05) is 41.0 Å². The van der Waals surface area contributed by atoms with Crippen LogP contribution in [0.1, 0.15) is 62.4 Å². The predicted octanol–water partition coefficient (Wildman–Crippen LogP) is 7.03. The molecule has 10 rings (SSSR count). The molecule has 20 nitrogen and oxygen atoms in total. The minimum Gasteiger partial charge on any atom is -0.358 e. The molecular formula is C46H51FN14O6S2. The minimum absolute atomic E-state index is 0.126. The van der Waals surface area contributed by atoms with Crippen molar-refractivity contribution >= 4 is 71.0 Å². The van der Waals surface area contributed by atoms with Crippen molar-refractivity contribution in [1.82, 2.24) is 49.0 Å². The maximum absolute atomic E-state index is 14.0. The van der Waals surface area contributed by atoms with E-state index in [9.17, 15) is 21.2 Å². The van der Waals surface area contributed by atoms with Crippen LogP contribution in [0.15, 0.2) is 120 Å². The summed E-state index contributed by atoms with van der Waals surface area (Å²) in [5.41, 5.74) is 10.4. The van der Waals surface area contributed by atoms with Gasteiger partial charge < -0.3 is 31.2 Å². The summed E-state index contributed by atoms with van der Waals surface area (Å²) >= 11 is 0. The van der Waals surface area contributed by atoms with Gasteiger partial charge in [0.2, 0.25) is 5.95 Å². The van der Waals surface area contributed by atoms with Gasteiger partial charge in [-0.05, 0) is 111 Å². The highest BCUT2D eigenvalue weighted by atomic mass is 32.2. The number of aromatic nitrogens is 10. The van der Waals surface area contributed by atoms with Crippen molar-refractivity contribution in [2.24, 2.45) is 5.73 Å². The molecule has 0 radical (unpaired) electrons. The van der Waals surface area contributed by atoms with Crippen molar-refractivity contribution in [2.45, 2.75) is 73.9 Å². The Balaban J connectivity index is 0.000000163. The first kappa shape index (κ1) is 48.4. The molecule has 360 valence electrons.